The van der Waals surface area contributed by atoms with Gasteiger partial charge in [0.1, 0.15) is 12.2 Å². The van der Waals surface area contributed by atoms with Crippen LogP contribution in [-0.4, -0.2) is 58.0 Å². The van der Waals surface area contributed by atoms with Crippen LogP contribution in [0.1, 0.15) is 38.4 Å². The van der Waals surface area contributed by atoms with Crippen molar-refractivity contribution in [3.8, 4) is 0 Å². The van der Waals surface area contributed by atoms with Crippen LogP contribution in [0.3, 0.4) is 0 Å². The molecule has 0 spiro atoms. The average Bonchev–Trinajstić information content (AvgIpc) is 2.86. The fraction of sp³-hybridized carbons (Fsp3) is 0.833. The van der Waals surface area contributed by atoms with Gasteiger partial charge in [-0.3, -0.25) is 0 Å². The fourth-order valence-corrected chi connectivity index (χ4v) is 4.45. The van der Waals surface area contributed by atoms with Crippen molar-refractivity contribution >= 4 is 10.2 Å². The molecule has 0 N–H and O–H groups in total. The van der Waals surface area contributed by atoms with E-state index in [1.807, 2.05) is 25.5 Å². The van der Waals surface area contributed by atoms with E-state index < -0.39 is 10.2 Å². The van der Waals surface area contributed by atoms with Crippen LogP contribution in [-0.2, 0) is 17.3 Å². The Labute approximate surface area is 120 Å². The summed E-state index contributed by atoms with van der Waals surface area (Å²) in [4.78, 5) is 0. The Balaban J connectivity index is 2.17. The van der Waals surface area contributed by atoms with Gasteiger partial charge in [0.2, 0.25) is 0 Å². The molecule has 20 heavy (non-hydrogen) atoms. The second kappa shape index (κ2) is 6.19. The van der Waals surface area contributed by atoms with Gasteiger partial charge in [0.05, 0.1) is 0 Å². The van der Waals surface area contributed by atoms with Crippen molar-refractivity contribution in [1.82, 2.24) is 23.4 Å². The minimum absolute atomic E-state index is 0.126. The topological polar surface area (TPSA) is 71.3 Å². The van der Waals surface area contributed by atoms with Gasteiger partial charge in [-0.2, -0.15) is 17.0 Å². The summed E-state index contributed by atoms with van der Waals surface area (Å²) in [5, 5.41) is 8.01. The SMILES string of the molecule is CCN(CC)S(=O)(=O)N1CCC[C@@H](c2nncn2C)C1. The zero-order valence-corrected chi connectivity index (χ0v) is 13.2. The molecule has 8 heteroatoms. The zero-order chi connectivity index (χ0) is 14.8. The van der Waals surface area contributed by atoms with E-state index in [9.17, 15) is 8.42 Å². The minimum atomic E-state index is -3.35. The molecule has 1 fully saturated rings. The monoisotopic (exact) mass is 301 g/mol. The standard InChI is InChI=1S/C12H23N5O2S/c1-4-16(5-2)20(18,19)17-8-6-7-11(9-17)12-14-13-10-15(12)3/h10-11H,4-9H2,1-3H3/t11-/m1/s1. The molecule has 1 saturated heterocycles. The molecule has 0 radical (unpaired) electrons. The van der Waals surface area contributed by atoms with E-state index >= 15 is 0 Å². The highest BCUT2D eigenvalue weighted by atomic mass is 32.2. The van der Waals surface area contributed by atoms with Crippen LogP contribution in [0.15, 0.2) is 6.33 Å². The molecule has 1 aromatic rings. The molecule has 2 heterocycles. The lowest BCUT2D eigenvalue weighted by atomic mass is 9.99. The number of rotatable bonds is 5. The number of hydrogen-bond donors (Lipinski definition) is 0. The summed E-state index contributed by atoms with van der Waals surface area (Å²) in [6, 6.07) is 0. The third kappa shape index (κ3) is 2.87. The van der Waals surface area contributed by atoms with E-state index in [1.54, 1.807) is 10.6 Å². The Hall–Kier alpha value is -0.990. The molecule has 1 atom stereocenters. The molecule has 1 aromatic heterocycles. The zero-order valence-electron chi connectivity index (χ0n) is 12.4. The normalized spacial score (nSPS) is 21.5. The maximum Gasteiger partial charge on any atom is 0.281 e. The summed E-state index contributed by atoms with van der Waals surface area (Å²) < 4.78 is 30.1. The second-order valence-corrected chi connectivity index (χ2v) is 7.02. The molecule has 1 aliphatic rings. The van der Waals surface area contributed by atoms with Crippen LogP contribution in [0.5, 0.6) is 0 Å². The van der Waals surface area contributed by atoms with Gasteiger partial charge in [0.15, 0.2) is 0 Å². The molecule has 0 aromatic carbocycles. The maximum absolute atomic E-state index is 12.6. The first-order valence-corrected chi connectivity index (χ1v) is 8.49. The highest BCUT2D eigenvalue weighted by molar-refractivity contribution is 7.86. The predicted molar refractivity (Wildman–Crippen MR) is 76.4 cm³/mol. The average molecular weight is 301 g/mol. The van der Waals surface area contributed by atoms with E-state index in [-0.39, 0.29) is 5.92 Å². The van der Waals surface area contributed by atoms with E-state index in [1.165, 1.54) is 4.31 Å². The van der Waals surface area contributed by atoms with Crippen LogP contribution in [0, 0.1) is 0 Å². The first kappa shape index (κ1) is 15.4. The van der Waals surface area contributed by atoms with Gasteiger partial charge in [0, 0.05) is 39.1 Å². The first-order valence-electron chi connectivity index (χ1n) is 7.09. The van der Waals surface area contributed by atoms with Gasteiger partial charge in [-0.15, -0.1) is 10.2 Å². The Bertz CT molecular complexity index is 538. The Morgan fingerprint density at radius 2 is 2.10 bits per heavy atom. The van der Waals surface area contributed by atoms with Crippen molar-refractivity contribution in [3.05, 3.63) is 12.2 Å². The summed E-state index contributed by atoms with van der Waals surface area (Å²) in [6.45, 7) is 5.82. The maximum atomic E-state index is 12.6. The number of aryl methyl sites for hydroxylation is 1. The third-order valence-electron chi connectivity index (χ3n) is 3.85. The lowest BCUT2D eigenvalue weighted by molar-refractivity contribution is 0.281. The molecule has 1 aliphatic heterocycles. The lowest BCUT2D eigenvalue weighted by Gasteiger charge is -2.34. The lowest BCUT2D eigenvalue weighted by Crippen LogP contribution is -2.47. The van der Waals surface area contributed by atoms with Crippen LogP contribution in [0.4, 0.5) is 0 Å². The molecule has 0 saturated carbocycles. The molecule has 0 unspecified atom stereocenters. The van der Waals surface area contributed by atoms with E-state index in [4.69, 9.17) is 0 Å². The van der Waals surface area contributed by atoms with Gasteiger partial charge in [-0.1, -0.05) is 13.8 Å². The molecule has 0 amide bonds. The molecule has 114 valence electrons. The molecular weight excluding hydrogens is 278 g/mol. The highest BCUT2D eigenvalue weighted by Gasteiger charge is 2.34. The van der Waals surface area contributed by atoms with Crippen molar-refractivity contribution in [2.75, 3.05) is 26.2 Å². The van der Waals surface area contributed by atoms with Crippen molar-refractivity contribution in [2.45, 2.75) is 32.6 Å². The summed E-state index contributed by atoms with van der Waals surface area (Å²) in [6.07, 6.45) is 3.47. The van der Waals surface area contributed by atoms with Crippen LogP contribution >= 0.6 is 0 Å². The van der Waals surface area contributed by atoms with Gasteiger partial charge >= 0.3 is 0 Å². The van der Waals surface area contributed by atoms with Crippen LogP contribution in [0.25, 0.3) is 0 Å². The summed E-state index contributed by atoms with van der Waals surface area (Å²) in [5.41, 5.74) is 0. The van der Waals surface area contributed by atoms with Crippen LogP contribution < -0.4 is 0 Å². The summed E-state index contributed by atoms with van der Waals surface area (Å²) >= 11 is 0. The second-order valence-electron chi connectivity index (χ2n) is 5.09. The van der Waals surface area contributed by atoms with Crippen molar-refractivity contribution < 1.29 is 8.42 Å². The van der Waals surface area contributed by atoms with E-state index in [2.05, 4.69) is 10.2 Å². The quantitative estimate of drug-likeness (QED) is 0.797. The van der Waals surface area contributed by atoms with E-state index in [0.717, 1.165) is 18.7 Å². The highest BCUT2D eigenvalue weighted by Crippen LogP contribution is 2.27. The third-order valence-corrected chi connectivity index (χ3v) is 6.01. The van der Waals surface area contributed by atoms with Gasteiger partial charge in [-0.05, 0) is 12.8 Å². The van der Waals surface area contributed by atoms with Gasteiger partial charge < -0.3 is 4.57 Å². The van der Waals surface area contributed by atoms with Crippen molar-refractivity contribution in [3.63, 3.8) is 0 Å². The summed E-state index contributed by atoms with van der Waals surface area (Å²) in [7, 11) is -1.46. The Morgan fingerprint density at radius 1 is 1.40 bits per heavy atom. The first-order chi connectivity index (χ1) is 9.50. The van der Waals surface area contributed by atoms with Gasteiger partial charge in [0.25, 0.3) is 10.2 Å². The van der Waals surface area contributed by atoms with E-state index in [0.29, 0.717) is 26.2 Å². The molecule has 0 aliphatic carbocycles. The molecule has 2 rings (SSSR count). The molecular formula is C12H23N5O2S. The Morgan fingerprint density at radius 3 is 2.65 bits per heavy atom. The van der Waals surface area contributed by atoms with Crippen molar-refractivity contribution in [1.29, 1.82) is 0 Å². The fourth-order valence-electron chi connectivity index (χ4n) is 2.74. The Kier molecular flexibility index (Phi) is 4.77. The minimum Gasteiger partial charge on any atom is -0.320 e. The largest absolute Gasteiger partial charge is 0.320 e. The molecule has 7 nitrogen and oxygen atoms in total. The van der Waals surface area contributed by atoms with Gasteiger partial charge in [-0.25, -0.2) is 0 Å². The smallest absolute Gasteiger partial charge is 0.281 e. The number of piperidine rings is 1. The van der Waals surface area contributed by atoms with Crippen LogP contribution in [0.2, 0.25) is 0 Å². The number of hydrogen-bond acceptors (Lipinski definition) is 4. The van der Waals surface area contributed by atoms with Crippen molar-refractivity contribution in [2.24, 2.45) is 7.05 Å². The molecule has 0 bridgehead atoms. The number of aromatic nitrogens is 3. The summed E-state index contributed by atoms with van der Waals surface area (Å²) in [5.74, 6) is 0.992. The predicted octanol–water partition coefficient (Wildman–Crippen LogP) is 0.581. The number of nitrogens with zero attached hydrogens (tertiary/aromatic N) is 5.